The van der Waals surface area contributed by atoms with E-state index in [-0.39, 0.29) is 5.82 Å². The Kier molecular flexibility index (Phi) is 2.06. The zero-order valence-corrected chi connectivity index (χ0v) is 7.31. The largest absolute Gasteiger partial charge is 0.337 e. The second-order valence-electron chi connectivity index (χ2n) is 2.76. The van der Waals surface area contributed by atoms with Crippen molar-refractivity contribution in [1.82, 2.24) is 9.66 Å². The summed E-state index contributed by atoms with van der Waals surface area (Å²) in [6.45, 7) is 0. The summed E-state index contributed by atoms with van der Waals surface area (Å²) in [5, 5.41) is 2.77. The summed E-state index contributed by atoms with van der Waals surface area (Å²) in [5.74, 6) is 5.57. The van der Waals surface area contributed by atoms with Gasteiger partial charge in [0, 0.05) is 12.4 Å². The van der Waals surface area contributed by atoms with Crippen LogP contribution in [0.5, 0.6) is 0 Å². The van der Waals surface area contributed by atoms with Crippen LogP contribution in [0.3, 0.4) is 0 Å². The van der Waals surface area contributed by atoms with Crippen molar-refractivity contribution in [3.05, 3.63) is 42.5 Å². The number of para-hydroxylation sites is 1. The molecule has 0 unspecified atom stereocenters. The molecule has 0 aliphatic rings. The lowest BCUT2D eigenvalue weighted by molar-refractivity contribution is 0.631. The molecule has 5 heteroatoms. The molecule has 0 fully saturated rings. The molecule has 0 aliphatic heterocycles. The van der Waals surface area contributed by atoms with Gasteiger partial charge in [-0.15, -0.1) is 0 Å². The first-order chi connectivity index (χ1) is 6.77. The second kappa shape index (κ2) is 3.37. The van der Waals surface area contributed by atoms with E-state index in [1.165, 1.54) is 16.9 Å². The predicted octanol–water partition coefficient (Wildman–Crippen LogP) is 1.48. The van der Waals surface area contributed by atoms with Crippen molar-refractivity contribution in [2.75, 3.05) is 11.2 Å². The molecule has 0 radical (unpaired) electrons. The number of benzene rings is 1. The average Bonchev–Trinajstić information content (AvgIpc) is 2.56. The zero-order chi connectivity index (χ0) is 9.97. The first-order valence-electron chi connectivity index (χ1n) is 4.07. The van der Waals surface area contributed by atoms with Gasteiger partial charge in [0.25, 0.3) is 0 Å². The van der Waals surface area contributed by atoms with Crippen LogP contribution in [-0.2, 0) is 0 Å². The smallest absolute Gasteiger partial charge is 0.226 e. The molecule has 0 aliphatic carbocycles. The summed E-state index contributed by atoms with van der Waals surface area (Å²) >= 11 is 0. The summed E-state index contributed by atoms with van der Waals surface area (Å²) in [4.78, 5) is 3.91. The lowest BCUT2D eigenvalue weighted by atomic mass is 10.3. The maximum Gasteiger partial charge on any atom is 0.226 e. The van der Waals surface area contributed by atoms with Crippen molar-refractivity contribution in [3.63, 3.8) is 0 Å². The fourth-order valence-corrected chi connectivity index (χ4v) is 1.09. The van der Waals surface area contributed by atoms with Crippen molar-refractivity contribution in [1.29, 1.82) is 0 Å². The predicted molar refractivity (Wildman–Crippen MR) is 52.1 cm³/mol. The van der Waals surface area contributed by atoms with E-state index < -0.39 is 0 Å². The van der Waals surface area contributed by atoms with Crippen molar-refractivity contribution < 1.29 is 4.39 Å². The number of hydrogen-bond acceptors (Lipinski definition) is 3. The fourth-order valence-electron chi connectivity index (χ4n) is 1.09. The van der Waals surface area contributed by atoms with Crippen molar-refractivity contribution in [2.24, 2.45) is 0 Å². The number of nitrogens with one attached hydrogen (secondary N) is 1. The summed E-state index contributed by atoms with van der Waals surface area (Å²) in [7, 11) is 0. The van der Waals surface area contributed by atoms with Crippen LogP contribution in [0.15, 0.2) is 36.7 Å². The van der Waals surface area contributed by atoms with E-state index in [0.717, 1.165) is 0 Å². The molecule has 14 heavy (non-hydrogen) atoms. The molecule has 1 aromatic carbocycles. The normalized spacial score (nSPS) is 10.1. The van der Waals surface area contributed by atoms with Gasteiger partial charge in [0.2, 0.25) is 5.95 Å². The van der Waals surface area contributed by atoms with Crippen LogP contribution in [0.2, 0.25) is 0 Å². The minimum Gasteiger partial charge on any atom is -0.337 e. The number of halogens is 1. The quantitative estimate of drug-likeness (QED) is 0.708. The minimum atomic E-state index is -0.337. The van der Waals surface area contributed by atoms with Crippen LogP contribution < -0.4 is 11.2 Å². The molecule has 0 spiro atoms. The van der Waals surface area contributed by atoms with E-state index in [1.54, 1.807) is 24.4 Å². The Morgan fingerprint density at radius 2 is 2.14 bits per heavy atom. The number of anilines is 2. The van der Waals surface area contributed by atoms with Crippen LogP contribution in [0.25, 0.3) is 0 Å². The molecule has 0 saturated carbocycles. The molecule has 0 amide bonds. The molecular weight excluding hydrogens is 183 g/mol. The SMILES string of the molecule is Nn1ccnc1Nc1ccccc1F. The van der Waals surface area contributed by atoms with E-state index in [0.29, 0.717) is 11.6 Å². The van der Waals surface area contributed by atoms with Gasteiger partial charge in [-0.05, 0) is 12.1 Å². The average molecular weight is 192 g/mol. The first kappa shape index (κ1) is 8.55. The summed E-state index contributed by atoms with van der Waals surface area (Å²) in [5.41, 5.74) is 0.352. The maximum atomic E-state index is 13.2. The molecule has 0 atom stereocenters. The number of aromatic nitrogens is 2. The van der Waals surface area contributed by atoms with Gasteiger partial charge >= 0.3 is 0 Å². The van der Waals surface area contributed by atoms with Gasteiger partial charge in [-0.2, -0.15) is 0 Å². The molecule has 4 nitrogen and oxygen atoms in total. The molecule has 1 aromatic heterocycles. The Bertz CT molecular complexity index is 438. The Morgan fingerprint density at radius 3 is 2.79 bits per heavy atom. The number of hydrogen-bond donors (Lipinski definition) is 2. The second-order valence-corrected chi connectivity index (χ2v) is 2.76. The third-order valence-electron chi connectivity index (χ3n) is 1.79. The van der Waals surface area contributed by atoms with Gasteiger partial charge < -0.3 is 11.2 Å². The van der Waals surface area contributed by atoms with E-state index >= 15 is 0 Å². The first-order valence-corrected chi connectivity index (χ1v) is 4.07. The topological polar surface area (TPSA) is 55.9 Å². The molecule has 72 valence electrons. The van der Waals surface area contributed by atoms with E-state index in [1.807, 2.05) is 0 Å². The van der Waals surface area contributed by atoms with Crippen LogP contribution in [0, 0.1) is 5.82 Å². The van der Waals surface area contributed by atoms with Crippen LogP contribution >= 0.6 is 0 Å². The van der Waals surface area contributed by atoms with Gasteiger partial charge in [-0.1, -0.05) is 12.1 Å². The highest BCUT2D eigenvalue weighted by Crippen LogP contribution is 2.16. The third-order valence-corrected chi connectivity index (χ3v) is 1.79. The summed E-state index contributed by atoms with van der Waals surface area (Å²) in [6.07, 6.45) is 3.10. The number of nitrogens with two attached hydrogens (primary N) is 1. The molecule has 1 heterocycles. The number of nitrogen functional groups attached to an aromatic ring is 1. The van der Waals surface area contributed by atoms with E-state index in [2.05, 4.69) is 10.3 Å². The lowest BCUT2D eigenvalue weighted by Crippen LogP contribution is -2.10. The molecule has 0 saturated heterocycles. The zero-order valence-electron chi connectivity index (χ0n) is 7.31. The number of imidazole rings is 1. The van der Waals surface area contributed by atoms with Crippen LogP contribution in [0.1, 0.15) is 0 Å². The standard InChI is InChI=1S/C9H9FN4/c10-7-3-1-2-4-8(7)13-9-12-5-6-14(9)11/h1-6H,11H2,(H,12,13). The Morgan fingerprint density at radius 1 is 1.36 bits per heavy atom. The molecule has 2 aromatic rings. The van der Waals surface area contributed by atoms with Gasteiger partial charge in [0.1, 0.15) is 5.82 Å². The lowest BCUT2D eigenvalue weighted by Gasteiger charge is -2.05. The highest BCUT2D eigenvalue weighted by molar-refractivity contribution is 5.54. The van der Waals surface area contributed by atoms with Gasteiger partial charge in [-0.3, -0.25) is 0 Å². The van der Waals surface area contributed by atoms with Crippen molar-refractivity contribution in [3.8, 4) is 0 Å². The maximum absolute atomic E-state index is 13.2. The van der Waals surface area contributed by atoms with Gasteiger partial charge in [-0.25, -0.2) is 14.1 Å². The van der Waals surface area contributed by atoms with Crippen molar-refractivity contribution >= 4 is 11.6 Å². The summed E-state index contributed by atoms with van der Waals surface area (Å²) in [6, 6.07) is 6.33. The highest BCUT2D eigenvalue weighted by atomic mass is 19.1. The van der Waals surface area contributed by atoms with Crippen LogP contribution in [-0.4, -0.2) is 9.66 Å². The Labute approximate surface area is 80.2 Å². The summed E-state index contributed by atoms with van der Waals surface area (Å²) < 4.78 is 14.5. The van der Waals surface area contributed by atoms with E-state index in [9.17, 15) is 4.39 Å². The highest BCUT2D eigenvalue weighted by Gasteiger charge is 2.03. The minimum absolute atomic E-state index is 0.337. The molecule has 2 rings (SSSR count). The number of nitrogens with zero attached hydrogens (tertiary/aromatic N) is 2. The van der Waals surface area contributed by atoms with E-state index in [4.69, 9.17) is 5.84 Å². The fraction of sp³-hybridized carbons (Fsp3) is 0. The Balaban J connectivity index is 2.28. The Hall–Kier alpha value is -2.04. The van der Waals surface area contributed by atoms with Crippen molar-refractivity contribution in [2.45, 2.75) is 0 Å². The molecule has 0 bridgehead atoms. The number of rotatable bonds is 2. The van der Waals surface area contributed by atoms with Crippen LogP contribution in [0.4, 0.5) is 16.0 Å². The van der Waals surface area contributed by atoms with Gasteiger partial charge in [0.15, 0.2) is 0 Å². The van der Waals surface area contributed by atoms with Gasteiger partial charge in [0.05, 0.1) is 5.69 Å². The monoisotopic (exact) mass is 192 g/mol. The molecule has 3 N–H and O–H groups in total. The molecular formula is C9H9FN4. The third kappa shape index (κ3) is 1.52.